The van der Waals surface area contributed by atoms with E-state index in [0.29, 0.717) is 12.4 Å². The van der Waals surface area contributed by atoms with Gasteiger partial charge in [-0.3, -0.25) is 0 Å². The average Bonchev–Trinajstić information content (AvgIpc) is 2.27. The van der Waals surface area contributed by atoms with Crippen molar-refractivity contribution >= 4 is 17.4 Å². The first-order valence-electron chi connectivity index (χ1n) is 5.60. The summed E-state index contributed by atoms with van der Waals surface area (Å²) in [5, 5.41) is 0. The molecule has 3 nitrogen and oxygen atoms in total. The minimum Gasteiger partial charge on any atom is -0.367 e. The molecule has 1 aromatic heterocycles. The molecular weight excluding hydrogens is 243 g/mol. The molecule has 1 aliphatic rings. The summed E-state index contributed by atoms with van der Waals surface area (Å²) in [6, 6.07) is 3.10. The van der Waals surface area contributed by atoms with Gasteiger partial charge in [0.1, 0.15) is 11.6 Å². The predicted octanol–water partition coefficient (Wildman–Crippen LogP) is 2.44. The smallest absolute Gasteiger partial charge is 0.141 e. The molecule has 1 aliphatic heterocycles. The van der Waals surface area contributed by atoms with Crippen molar-refractivity contribution in [1.29, 1.82) is 0 Å². The lowest BCUT2D eigenvalue weighted by molar-refractivity contribution is -0.0736. The van der Waals surface area contributed by atoms with Gasteiger partial charge >= 0.3 is 0 Å². The van der Waals surface area contributed by atoms with E-state index in [1.165, 1.54) is 12.3 Å². The Morgan fingerprint density at radius 2 is 2.35 bits per heavy atom. The average molecular weight is 259 g/mol. The lowest BCUT2D eigenvalue weighted by Crippen LogP contribution is -2.53. The number of rotatable bonds is 2. The second kappa shape index (κ2) is 4.78. The second-order valence-corrected chi connectivity index (χ2v) is 5.18. The van der Waals surface area contributed by atoms with E-state index in [1.807, 2.05) is 13.8 Å². The Hall–Kier alpha value is -0.870. The second-order valence-electron chi connectivity index (χ2n) is 4.87. The Morgan fingerprint density at radius 3 is 2.94 bits per heavy atom. The van der Waals surface area contributed by atoms with Crippen LogP contribution in [0.2, 0.25) is 0 Å². The van der Waals surface area contributed by atoms with Gasteiger partial charge in [-0.15, -0.1) is 11.6 Å². The number of aromatic nitrogens is 1. The van der Waals surface area contributed by atoms with Crippen LogP contribution < -0.4 is 4.90 Å². The van der Waals surface area contributed by atoms with Gasteiger partial charge in [-0.05, 0) is 26.0 Å². The number of halogens is 2. The van der Waals surface area contributed by atoms with Gasteiger partial charge < -0.3 is 9.64 Å². The van der Waals surface area contributed by atoms with Crippen molar-refractivity contribution in [3.63, 3.8) is 0 Å². The molecule has 0 radical (unpaired) electrons. The van der Waals surface area contributed by atoms with Crippen LogP contribution in [0.1, 0.15) is 13.8 Å². The van der Waals surface area contributed by atoms with E-state index < -0.39 is 0 Å². The van der Waals surface area contributed by atoms with Crippen molar-refractivity contribution in [2.75, 3.05) is 23.9 Å². The molecule has 94 valence electrons. The van der Waals surface area contributed by atoms with Gasteiger partial charge in [0.25, 0.3) is 0 Å². The minimum atomic E-state index is -0.324. The summed E-state index contributed by atoms with van der Waals surface area (Å²) in [5.41, 5.74) is -0.270. The highest BCUT2D eigenvalue weighted by atomic mass is 35.5. The molecule has 0 N–H and O–H groups in total. The van der Waals surface area contributed by atoms with Crippen LogP contribution >= 0.6 is 11.6 Å². The van der Waals surface area contributed by atoms with Crippen molar-refractivity contribution < 1.29 is 9.13 Å². The van der Waals surface area contributed by atoms with Gasteiger partial charge in [0.15, 0.2) is 0 Å². The van der Waals surface area contributed by atoms with Gasteiger partial charge in [0.2, 0.25) is 0 Å². The summed E-state index contributed by atoms with van der Waals surface area (Å²) in [7, 11) is 0. The zero-order valence-corrected chi connectivity index (χ0v) is 10.7. The largest absolute Gasteiger partial charge is 0.367 e. The van der Waals surface area contributed by atoms with Crippen LogP contribution in [0.4, 0.5) is 10.2 Å². The number of ether oxygens (including phenoxy) is 1. The van der Waals surface area contributed by atoms with Crippen molar-refractivity contribution in [3.05, 3.63) is 24.1 Å². The maximum Gasteiger partial charge on any atom is 0.141 e. The molecule has 1 unspecified atom stereocenters. The number of anilines is 1. The summed E-state index contributed by atoms with van der Waals surface area (Å²) in [6.45, 7) is 5.44. The van der Waals surface area contributed by atoms with E-state index in [0.717, 1.165) is 12.4 Å². The lowest BCUT2D eigenvalue weighted by atomic mass is 10.1. The summed E-state index contributed by atoms with van der Waals surface area (Å²) >= 11 is 5.85. The highest BCUT2D eigenvalue weighted by Gasteiger charge is 2.33. The monoisotopic (exact) mass is 258 g/mol. The maximum absolute atomic E-state index is 12.8. The van der Waals surface area contributed by atoms with Gasteiger partial charge in [-0.25, -0.2) is 9.37 Å². The first-order valence-corrected chi connectivity index (χ1v) is 6.14. The molecule has 1 saturated heterocycles. The van der Waals surface area contributed by atoms with Crippen molar-refractivity contribution in [1.82, 2.24) is 4.98 Å². The third kappa shape index (κ3) is 3.07. The lowest BCUT2D eigenvalue weighted by Gasteiger charge is -2.42. The molecule has 0 aromatic carbocycles. The Kier molecular flexibility index (Phi) is 3.54. The van der Waals surface area contributed by atoms with E-state index in [1.54, 1.807) is 6.07 Å². The van der Waals surface area contributed by atoms with Crippen LogP contribution in [-0.4, -0.2) is 35.7 Å². The van der Waals surface area contributed by atoms with Gasteiger partial charge in [0, 0.05) is 13.1 Å². The Morgan fingerprint density at radius 1 is 1.59 bits per heavy atom. The number of alkyl halides is 1. The Balaban J connectivity index is 2.17. The molecule has 1 aromatic rings. The Labute approximate surface area is 106 Å². The molecule has 17 heavy (non-hydrogen) atoms. The highest BCUT2D eigenvalue weighted by molar-refractivity contribution is 6.18. The molecule has 0 saturated carbocycles. The van der Waals surface area contributed by atoms with E-state index in [9.17, 15) is 4.39 Å². The topological polar surface area (TPSA) is 25.4 Å². The minimum absolute atomic E-state index is 0.0210. The number of morpholine rings is 1. The van der Waals surface area contributed by atoms with E-state index in [-0.39, 0.29) is 17.5 Å². The third-order valence-corrected chi connectivity index (χ3v) is 3.03. The third-order valence-electron chi connectivity index (χ3n) is 2.69. The van der Waals surface area contributed by atoms with E-state index in [2.05, 4.69) is 9.88 Å². The summed E-state index contributed by atoms with van der Waals surface area (Å²) in [6.07, 6.45) is 1.21. The first-order chi connectivity index (χ1) is 8.00. The molecule has 5 heteroatoms. The zero-order valence-electron chi connectivity index (χ0n) is 9.99. The van der Waals surface area contributed by atoms with Crippen molar-refractivity contribution in [3.8, 4) is 0 Å². The SMILES string of the molecule is CC1(C)CN(c2ccc(F)cn2)CC(CCl)O1. The van der Waals surface area contributed by atoms with Crippen LogP contribution in [0, 0.1) is 5.82 Å². The molecule has 0 spiro atoms. The molecule has 1 fully saturated rings. The van der Waals surface area contributed by atoms with Gasteiger partial charge in [0.05, 0.1) is 23.8 Å². The molecule has 2 rings (SSSR count). The fraction of sp³-hybridized carbons (Fsp3) is 0.583. The van der Waals surface area contributed by atoms with Crippen LogP contribution in [0.25, 0.3) is 0 Å². The molecule has 0 aliphatic carbocycles. The molecular formula is C12H16ClFN2O. The first kappa shape index (κ1) is 12.6. The quantitative estimate of drug-likeness (QED) is 0.762. The molecule has 0 bridgehead atoms. The van der Waals surface area contributed by atoms with Crippen molar-refractivity contribution in [2.45, 2.75) is 25.6 Å². The van der Waals surface area contributed by atoms with Crippen LogP contribution in [0.15, 0.2) is 18.3 Å². The molecule has 0 amide bonds. The zero-order chi connectivity index (χ0) is 12.5. The van der Waals surface area contributed by atoms with Crippen LogP contribution in [0.5, 0.6) is 0 Å². The van der Waals surface area contributed by atoms with E-state index >= 15 is 0 Å². The fourth-order valence-corrected chi connectivity index (χ4v) is 2.27. The normalized spacial score (nSPS) is 23.8. The van der Waals surface area contributed by atoms with Crippen LogP contribution in [-0.2, 0) is 4.74 Å². The Bertz CT molecular complexity index is 383. The summed E-state index contributed by atoms with van der Waals surface area (Å²) in [4.78, 5) is 6.17. The summed E-state index contributed by atoms with van der Waals surface area (Å²) < 4.78 is 18.6. The number of hydrogen-bond acceptors (Lipinski definition) is 3. The predicted molar refractivity (Wildman–Crippen MR) is 66.1 cm³/mol. The van der Waals surface area contributed by atoms with Crippen LogP contribution in [0.3, 0.4) is 0 Å². The number of nitrogens with zero attached hydrogens (tertiary/aromatic N) is 2. The van der Waals surface area contributed by atoms with Crippen molar-refractivity contribution in [2.24, 2.45) is 0 Å². The number of pyridine rings is 1. The molecule has 1 atom stereocenters. The van der Waals surface area contributed by atoms with Gasteiger partial charge in [-0.2, -0.15) is 0 Å². The standard InChI is InChI=1S/C12H16ClFN2O/c1-12(2)8-16(7-10(5-13)17-12)11-4-3-9(14)6-15-11/h3-4,6,10H,5,7-8H2,1-2H3. The number of hydrogen-bond donors (Lipinski definition) is 0. The summed E-state index contributed by atoms with van der Waals surface area (Å²) in [5.74, 6) is 0.884. The fourth-order valence-electron chi connectivity index (χ4n) is 2.11. The highest BCUT2D eigenvalue weighted by Crippen LogP contribution is 2.25. The maximum atomic E-state index is 12.8. The van der Waals surface area contributed by atoms with E-state index in [4.69, 9.17) is 16.3 Å². The molecule has 2 heterocycles. The van der Waals surface area contributed by atoms with Gasteiger partial charge in [-0.1, -0.05) is 0 Å².